The first-order chi connectivity index (χ1) is 12.2. The Bertz CT molecular complexity index is 948. The average Bonchev–Trinajstić information content (AvgIpc) is 2.69. The van der Waals surface area contributed by atoms with Crippen molar-refractivity contribution in [2.24, 2.45) is 0 Å². The summed E-state index contributed by atoms with van der Waals surface area (Å²) in [7, 11) is 0. The Morgan fingerprint density at radius 3 is 1.81 bits per heavy atom. The molecule has 0 aliphatic heterocycles. The molecule has 0 N–H and O–H groups in total. The Balaban J connectivity index is 0.000000252. The normalized spacial score (nSPS) is 9.19. The molecule has 3 heterocycles. The quantitative estimate of drug-likeness (QED) is 0.339. The SMILES string of the molecule is O=C([O-])c1ccc2ccccc2n1.[Cl-].[Pt+2].c1ccc(-c2ccccn2)nc1. The fourth-order valence-corrected chi connectivity index (χ4v) is 2.21. The number of fused-ring (bicyclic) bond motifs is 1. The number of aromatic carboxylic acids is 1. The maximum atomic E-state index is 10.5. The van der Waals surface area contributed by atoms with E-state index < -0.39 is 5.97 Å². The molecule has 0 fully saturated rings. The van der Waals surface area contributed by atoms with Crippen molar-refractivity contribution in [3.63, 3.8) is 0 Å². The molecule has 4 aromatic rings. The molecule has 7 heteroatoms. The van der Waals surface area contributed by atoms with E-state index in [2.05, 4.69) is 15.0 Å². The summed E-state index contributed by atoms with van der Waals surface area (Å²) in [5, 5.41) is 11.4. The molecular weight excluding hydrogens is 545 g/mol. The predicted octanol–water partition coefficient (Wildman–Crippen LogP) is -0.257. The van der Waals surface area contributed by atoms with Crippen LogP contribution < -0.4 is 17.5 Å². The number of para-hydroxylation sites is 1. The zero-order valence-electron chi connectivity index (χ0n) is 13.9. The summed E-state index contributed by atoms with van der Waals surface area (Å²) < 4.78 is 0. The fraction of sp³-hybridized carbons (Fsp3) is 0. The molecule has 138 valence electrons. The largest absolute Gasteiger partial charge is 2.00 e. The predicted molar refractivity (Wildman–Crippen MR) is 93.5 cm³/mol. The van der Waals surface area contributed by atoms with Gasteiger partial charge in [0.15, 0.2) is 0 Å². The molecule has 0 saturated carbocycles. The van der Waals surface area contributed by atoms with E-state index in [1.165, 1.54) is 6.07 Å². The molecule has 0 aliphatic rings. The number of hydrogen-bond acceptors (Lipinski definition) is 5. The molecule has 4 rings (SSSR count). The number of carbonyl (C=O) groups excluding carboxylic acids is 1. The monoisotopic (exact) mass is 558 g/mol. The summed E-state index contributed by atoms with van der Waals surface area (Å²) in [5.74, 6) is -1.24. The van der Waals surface area contributed by atoms with E-state index in [1.807, 2.05) is 54.6 Å². The molecule has 1 aromatic carbocycles. The Labute approximate surface area is 177 Å². The number of nitrogens with zero attached hydrogens (tertiary/aromatic N) is 3. The molecule has 0 aliphatic carbocycles. The third-order valence-corrected chi connectivity index (χ3v) is 3.40. The Hall–Kier alpha value is -2.62. The van der Waals surface area contributed by atoms with Crippen LogP contribution in [0.2, 0.25) is 0 Å². The second-order valence-corrected chi connectivity index (χ2v) is 5.11. The summed E-state index contributed by atoms with van der Waals surface area (Å²) in [4.78, 5) is 22.8. The second-order valence-electron chi connectivity index (χ2n) is 5.11. The summed E-state index contributed by atoms with van der Waals surface area (Å²) in [6.45, 7) is 0. The van der Waals surface area contributed by atoms with Crippen molar-refractivity contribution in [2.75, 3.05) is 0 Å². The minimum Gasteiger partial charge on any atom is -1.00 e. The van der Waals surface area contributed by atoms with Crippen LogP contribution in [0.15, 0.2) is 85.2 Å². The maximum Gasteiger partial charge on any atom is 2.00 e. The van der Waals surface area contributed by atoms with Gasteiger partial charge in [0, 0.05) is 17.8 Å². The number of aromatic nitrogens is 3. The van der Waals surface area contributed by atoms with Gasteiger partial charge in [-0.3, -0.25) is 9.97 Å². The van der Waals surface area contributed by atoms with E-state index in [-0.39, 0.29) is 39.2 Å². The fourth-order valence-electron chi connectivity index (χ4n) is 2.21. The van der Waals surface area contributed by atoms with Crippen LogP contribution in [-0.2, 0) is 21.1 Å². The Morgan fingerprint density at radius 2 is 1.30 bits per heavy atom. The van der Waals surface area contributed by atoms with Crippen LogP contribution in [0.25, 0.3) is 22.3 Å². The minimum atomic E-state index is -1.24. The second kappa shape index (κ2) is 11.2. The first kappa shape index (κ1) is 22.4. The van der Waals surface area contributed by atoms with Crippen LogP contribution in [0.5, 0.6) is 0 Å². The Kier molecular flexibility index (Phi) is 9.27. The van der Waals surface area contributed by atoms with Gasteiger partial charge in [-0.25, -0.2) is 4.98 Å². The first-order valence-electron chi connectivity index (χ1n) is 7.63. The van der Waals surface area contributed by atoms with Crippen molar-refractivity contribution in [3.8, 4) is 11.4 Å². The molecule has 0 radical (unpaired) electrons. The summed E-state index contributed by atoms with van der Waals surface area (Å²) in [5.41, 5.74) is 2.47. The van der Waals surface area contributed by atoms with E-state index in [4.69, 9.17) is 0 Å². The van der Waals surface area contributed by atoms with Crippen LogP contribution in [0.3, 0.4) is 0 Å². The number of pyridine rings is 3. The van der Waals surface area contributed by atoms with Crippen LogP contribution in [0.4, 0.5) is 0 Å². The smallest absolute Gasteiger partial charge is 1.00 e. The number of rotatable bonds is 2. The van der Waals surface area contributed by atoms with Crippen molar-refractivity contribution < 1.29 is 43.4 Å². The van der Waals surface area contributed by atoms with Gasteiger partial charge in [0.05, 0.1) is 28.6 Å². The summed E-state index contributed by atoms with van der Waals surface area (Å²) in [6, 6.07) is 22.1. The van der Waals surface area contributed by atoms with Crippen molar-refractivity contribution >= 4 is 16.9 Å². The number of hydrogen-bond donors (Lipinski definition) is 0. The van der Waals surface area contributed by atoms with E-state index >= 15 is 0 Å². The molecule has 0 spiro atoms. The number of benzene rings is 1. The van der Waals surface area contributed by atoms with Crippen LogP contribution in [-0.4, -0.2) is 20.9 Å². The molecule has 3 aromatic heterocycles. The number of carbonyl (C=O) groups is 1. The topological polar surface area (TPSA) is 78.8 Å². The zero-order valence-corrected chi connectivity index (χ0v) is 17.0. The summed E-state index contributed by atoms with van der Waals surface area (Å²) >= 11 is 0. The molecule has 0 amide bonds. The Morgan fingerprint density at radius 1 is 0.741 bits per heavy atom. The van der Waals surface area contributed by atoms with Crippen molar-refractivity contribution in [3.05, 3.63) is 90.9 Å². The molecule has 0 unspecified atom stereocenters. The average molecular weight is 559 g/mol. The molecule has 27 heavy (non-hydrogen) atoms. The van der Waals surface area contributed by atoms with E-state index in [1.54, 1.807) is 24.5 Å². The van der Waals surface area contributed by atoms with Gasteiger partial charge in [-0.1, -0.05) is 36.4 Å². The number of carboxylic acids is 1. The van der Waals surface area contributed by atoms with Crippen molar-refractivity contribution in [1.29, 1.82) is 0 Å². The van der Waals surface area contributed by atoms with E-state index in [9.17, 15) is 9.90 Å². The summed E-state index contributed by atoms with van der Waals surface area (Å²) in [6.07, 6.45) is 3.54. The van der Waals surface area contributed by atoms with E-state index in [0.29, 0.717) is 5.52 Å². The van der Waals surface area contributed by atoms with Gasteiger partial charge in [-0.05, 0) is 36.4 Å². The van der Waals surface area contributed by atoms with Gasteiger partial charge < -0.3 is 22.3 Å². The van der Waals surface area contributed by atoms with Crippen LogP contribution in [0, 0.1) is 0 Å². The van der Waals surface area contributed by atoms with Crippen molar-refractivity contribution in [1.82, 2.24) is 15.0 Å². The van der Waals surface area contributed by atoms with Crippen LogP contribution >= 0.6 is 0 Å². The molecule has 0 bridgehead atoms. The van der Waals surface area contributed by atoms with Gasteiger partial charge >= 0.3 is 21.1 Å². The molecule has 0 saturated heterocycles. The third kappa shape index (κ3) is 6.24. The molecular formula is C20H14ClN3O2Pt. The molecule has 0 atom stereocenters. The number of carboxylic acid groups (broad SMARTS) is 1. The third-order valence-electron chi connectivity index (χ3n) is 3.40. The van der Waals surface area contributed by atoms with Crippen LogP contribution in [0.1, 0.15) is 10.5 Å². The first-order valence-corrected chi connectivity index (χ1v) is 7.63. The van der Waals surface area contributed by atoms with Gasteiger partial charge in [0.1, 0.15) is 0 Å². The van der Waals surface area contributed by atoms with E-state index in [0.717, 1.165) is 16.8 Å². The van der Waals surface area contributed by atoms with Gasteiger partial charge in [-0.15, -0.1) is 0 Å². The standard InChI is InChI=1S/C10H8N2.C10H7NO2.ClH.Pt/c1-3-7-11-9(5-1)10-6-2-4-8-12-10;12-10(13)9-6-5-7-3-1-2-4-8(7)11-9;;/h1-8H;1-6H,(H,12,13);1H;/q;;;+2/p-2. The number of halogens is 1. The van der Waals surface area contributed by atoms with Gasteiger partial charge in [-0.2, -0.15) is 0 Å². The molecule has 5 nitrogen and oxygen atoms in total. The van der Waals surface area contributed by atoms with Gasteiger partial charge in [0.25, 0.3) is 0 Å². The van der Waals surface area contributed by atoms with Crippen molar-refractivity contribution in [2.45, 2.75) is 0 Å². The zero-order chi connectivity index (χ0) is 17.5. The van der Waals surface area contributed by atoms with Gasteiger partial charge in [0.2, 0.25) is 0 Å². The minimum absolute atomic E-state index is 0. The maximum absolute atomic E-state index is 10.5.